The van der Waals surface area contributed by atoms with E-state index in [0.717, 1.165) is 18.9 Å². The van der Waals surface area contributed by atoms with E-state index in [4.69, 9.17) is 4.74 Å². The molecule has 0 saturated carbocycles. The van der Waals surface area contributed by atoms with Gasteiger partial charge in [-0.3, -0.25) is 0 Å². The zero-order valence-electron chi connectivity index (χ0n) is 10.5. The van der Waals surface area contributed by atoms with E-state index in [0.29, 0.717) is 6.04 Å². The molecule has 0 spiro atoms. The average molecular weight is 214 g/mol. The third-order valence-corrected chi connectivity index (χ3v) is 3.33. The molecule has 0 aromatic rings. The Morgan fingerprint density at radius 3 is 2.93 bits per heavy atom. The molecular weight excluding hydrogens is 188 g/mol. The van der Waals surface area contributed by atoms with Crippen LogP contribution in [-0.4, -0.2) is 50.8 Å². The zero-order chi connectivity index (χ0) is 11.1. The minimum Gasteiger partial charge on any atom is -0.385 e. The first kappa shape index (κ1) is 12.9. The molecule has 2 unspecified atom stereocenters. The van der Waals surface area contributed by atoms with E-state index in [1.807, 2.05) is 0 Å². The summed E-state index contributed by atoms with van der Waals surface area (Å²) in [5.41, 5.74) is 0. The van der Waals surface area contributed by atoms with E-state index >= 15 is 0 Å². The Morgan fingerprint density at radius 2 is 2.33 bits per heavy atom. The summed E-state index contributed by atoms with van der Waals surface area (Å²) in [7, 11) is 1.77. The summed E-state index contributed by atoms with van der Waals surface area (Å²) in [6, 6.07) is 0.584. The summed E-state index contributed by atoms with van der Waals surface area (Å²) >= 11 is 0. The van der Waals surface area contributed by atoms with Gasteiger partial charge in [0.15, 0.2) is 0 Å². The van der Waals surface area contributed by atoms with Gasteiger partial charge in [-0.05, 0) is 45.3 Å². The van der Waals surface area contributed by atoms with Gasteiger partial charge < -0.3 is 15.0 Å². The van der Waals surface area contributed by atoms with Gasteiger partial charge in [0.2, 0.25) is 0 Å². The SMILES string of the molecule is CCN1CCC(CNC(C)CCOC)C1. The predicted octanol–water partition coefficient (Wildman–Crippen LogP) is 1.34. The van der Waals surface area contributed by atoms with E-state index in [1.54, 1.807) is 7.11 Å². The van der Waals surface area contributed by atoms with Gasteiger partial charge in [0.05, 0.1) is 0 Å². The molecule has 1 aliphatic heterocycles. The molecule has 1 N–H and O–H groups in total. The van der Waals surface area contributed by atoms with Gasteiger partial charge in [-0.2, -0.15) is 0 Å². The van der Waals surface area contributed by atoms with E-state index in [2.05, 4.69) is 24.1 Å². The molecule has 90 valence electrons. The van der Waals surface area contributed by atoms with E-state index in [-0.39, 0.29) is 0 Å². The van der Waals surface area contributed by atoms with Crippen LogP contribution >= 0.6 is 0 Å². The summed E-state index contributed by atoms with van der Waals surface area (Å²) in [6.07, 6.45) is 2.47. The molecule has 0 aromatic carbocycles. The van der Waals surface area contributed by atoms with Gasteiger partial charge in [0.25, 0.3) is 0 Å². The summed E-state index contributed by atoms with van der Waals surface area (Å²) in [5.74, 6) is 0.856. The molecule has 1 aliphatic rings. The standard InChI is InChI=1S/C12H26N2O/c1-4-14-7-5-12(10-14)9-13-11(2)6-8-15-3/h11-13H,4-10H2,1-3H3. The molecule has 1 saturated heterocycles. The highest BCUT2D eigenvalue weighted by molar-refractivity contribution is 4.77. The third kappa shape index (κ3) is 4.96. The van der Waals surface area contributed by atoms with Gasteiger partial charge in [-0.15, -0.1) is 0 Å². The summed E-state index contributed by atoms with van der Waals surface area (Å²) in [6.45, 7) is 10.3. The third-order valence-electron chi connectivity index (χ3n) is 3.33. The van der Waals surface area contributed by atoms with Crippen LogP contribution in [0.5, 0.6) is 0 Å². The lowest BCUT2D eigenvalue weighted by Gasteiger charge is -2.17. The lowest BCUT2D eigenvalue weighted by molar-refractivity contribution is 0.184. The predicted molar refractivity (Wildman–Crippen MR) is 64.2 cm³/mol. The molecular formula is C12H26N2O. The number of likely N-dealkylation sites (tertiary alicyclic amines) is 1. The fourth-order valence-electron chi connectivity index (χ4n) is 2.13. The normalized spacial score (nSPS) is 24.6. The van der Waals surface area contributed by atoms with Gasteiger partial charge in [0, 0.05) is 26.3 Å². The first-order valence-electron chi connectivity index (χ1n) is 6.21. The van der Waals surface area contributed by atoms with Crippen LogP contribution in [0, 0.1) is 5.92 Å². The zero-order valence-corrected chi connectivity index (χ0v) is 10.5. The molecule has 0 bridgehead atoms. The highest BCUT2D eigenvalue weighted by Gasteiger charge is 2.20. The van der Waals surface area contributed by atoms with Crippen LogP contribution in [0.25, 0.3) is 0 Å². The lowest BCUT2D eigenvalue weighted by Crippen LogP contribution is -2.33. The number of nitrogens with zero attached hydrogens (tertiary/aromatic N) is 1. The van der Waals surface area contributed by atoms with Crippen molar-refractivity contribution >= 4 is 0 Å². The van der Waals surface area contributed by atoms with Crippen LogP contribution < -0.4 is 5.32 Å². The Kier molecular flexibility index (Phi) is 6.22. The Morgan fingerprint density at radius 1 is 1.53 bits per heavy atom. The topological polar surface area (TPSA) is 24.5 Å². The van der Waals surface area contributed by atoms with Crippen molar-refractivity contribution in [3.8, 4) is 0 Å². The summed E-state index contributed by atoms with van der Waals surface area (Å²) in [5, 5.41) is 3.60. The Balaban J connectivity index is 2.04. The van der Waals surface area contributed by atoms with Crippen molar-refractivity contribution in [1.82, 2.24) is 10.2 Å². The molecule has 0 amide bonds. The molecule has 1 fully saturated rings. The highest BCUT2D eigenvalue weighted by Crippen LogP contribution is 2.14. The van der Waals surface area contributed by atoms with Crippen molar-refractivity contribution in [2.75, 3.05) is 39.9 Å². The largest absolute Gasteiger partial charge is 0.385 e. The fourth-order valence-corrected chi connectivity index (χ4v) is 2.13. The van der Waals surface area contributed by atoms with Crippen LogP contribution in [0.2, 0.25) is 0 Å². The first-order valence-corrected chi connectivity index (χ1v) is 6.21. The van der Waals surface area contributed by atoms with Crippen LogP contribution in [0.3, 0.4) is 0 Å². The Bertz CT molecular complexity index is 164. The maximum Gasteiger partial charge on any atom is 0.0476 e. The molecule has 3 heteroatoms. The lowest BCUT2D eigenvalue weighted by atomic mass is 10.1. The minimum atomic E-state index is 0.584. The Hall–Kier alpha value is -0.120. The van der Waals surface area contributed by atoms with Gasteiger partial charge in [-0.1, -0.05) is 6.92 Å². The van der Waals surface area contributed by atoms with Crippen molar-refractivity contribution < 1.29 is 4.74 Å². The van der Waals surface area contributed by atoms with Crippen LogP contribution in [-0.2, 0) is 4.74 Å². The fraction of sp³-hybridized carbons (Fsp3) is 1.00. The molecule has 3 nitrogen and oxygen atoms in total. The first-order chi connectivity index (χ1) is 7.26. The average Bonchev–Trinajstić information content (AvgIpc) is 2.71. The molecule has 0 radical (unpaired) electrons. The second-order valence-corrected chi connectivity index (χ2v) is 4.64. The molecule has 15 heavy (non-hydrogen) atoms. The number of nitrogens with one attached hydrogen (secondary N) is 1. The van der Waals surface area contributed by atoms with Crippen LogP contribution in [0.1, 0.15) is 26.7 Å². The summed E-state index contributed by atoms with van der Waals surface area (Å²) in [4.78, 5) is 2.53. The Labute approximate surface area is 94.2 Å². The van der Waals surface area contributed by atoms with Gasteiger partial charge in [-0.25, -0.2) is 0 Å². The summed E-state index contributed by atoms with van der Waals surface area (Å²) < 4.78 is 5.07. The second kappa shape index (κ2) is 7.20. The molecule has 2 atom stereocenters. The smallest absolute Gasteiger partial charge is 0.0476 e. The van der Waals surface area contributed by atoms with E-state index in [1.165, 1.54) is 32.6 Å². The number of hydrogen-bond donors (Lipinski definition) is 1. The van der Waals surface area contributed by atoms with Gasteiger partial charge in [0.1, 0.15) is 0 Å². The van der Waals surface area contributed by atoms with Crippen molar-refractivity contribution in [3.63, 3.8) is 0 Å². The quantitative estimate of drug-likeness (QED) is 0.692. The monoisotopic (exact) mass is 214 g/mol. The number of rotatable bonds is 7. The molecule has 0 aromatic heterocycles. The number of methoxy groups -OCH3 is 1. The molecule has 1 heterocycles. The molecule has 0 aliphatic carbocycles. The van der Waals surface area contributed by atoms with Gasteiger partial charge >= 0.3 is 0 Å². The van der Waals surface area contributed by atoms with E-state index in [9.17, 15) is 0 Å². The van der Waals surface area contributed by atoms with Crippen LogP contribution in [0.4, 0.5) is 0 Å². The highest BCUT2D eigenvalue weighted by atomic mass is 16.5. The minimum absolute atomic E-state index is 0.584. The van der Waals surface area contributed by atoms with Crippen molar-refractivity contribution in [3.05, 3.63) is 0 Å². The van der Waals surface area contributed by atoms with Crippen molar-refractivity contribution in [2.45, 2.75) is 32.7 Å². The maximum absolute atomic E-state index is 5.07. The van der Waals surface area contributed by atoms with Crippen molar-refractivity contribution in [2.24, 2.45) is 5.92 Å². The van der Waals surface area contributed by atoms with Crippen molar-refractivity contribution in [1.29, 1.82) is 0 Å². The molecule has 1 rings (SSSR count). The number of ether oxygens (including phenoxy) is 1. The maximum atomic E-state index is 5.07. The second-order valence-electron chi connectivity index (χ2n) is 4.64. The number of hydrogen-bond acceptors (Lipinski definition) is 3. The van der Waals surface area contributed by atoms with Crippen LogP contribution in [0.15, 0.2) is 0 Å². The van der Waals surface area contributed by atoms with E-state index < -0.39 is 0 Å².